The third-order valence-corrected chi connectivity index (χ3v) is 4.21. The zero-order valence-corrected chi connectivity index (χ0v) is 14.1. The van der Waals surface area contributed by atoms with Crippen molar-refractivity contribution in [2.24, 2.45) is 0 Å². The SMILES string of the molecule is O=C(Cn1nnc(CO)c1CO)N[C@H]1Cc2cccc(C(=O)O)c2OB1O. The van der Waals surface area contributed by atoms with Crippen LogP contribution in [0.5, 0.6) is 5.75 Å². The molecule has 0 unspecified atom stereocenters. The van der Waals surface area contributed by atoms with Gasteiger partial charge in [-0.15, -0.1) is 5.10 Å². The Hall–Kier alpha value is -2.96. The Morgan fingerprint density at radius 3 is 2.78 bits per heavy atom. The number of aromatic nitrogens is 3. The highest BCUT2D eigenvalue weighted by molar-refractivity contribution is 6.47. The third kappa shape index (κ3) is 3.77. The molecular formula is C15H17BN4O7. The van der Waals surface area contributed by atoms with Crippen molar-refractivity contribution >= 4 is 19.0 Å². The standard InChI is InChI=1S/C15H17BN4O7/c21-6-10-11(7-22)20(19-18-10)5-13(23)17-12-4-8-2-1-3-9(15(24)25)14(8)27-16(12)26/h1-3,12,21-22,26H,4-7H2,(H,17,23)(H,24,25)/t12-/m0/s1. The summed E-state index contributed by atoms with van der Waals surface area (Å²) >= 11 is 0. The highest BCUT2D eigenvalue weighted by atomic mass is 16.5. The van der Waals surface area contributed by atoms with Crippen molar-refractivity contribution in [3.05, 3.63) is 40.7 Å². The number of nitrogens with zero attached hydrogens (tertiary/aromatic N) is 3. The summed E-state index contributed by atoms with van der Waals surface area (Å²) in [7, 11) is -1.43. The van der Waals surface area contributed by atoms with Gasteiger partial charge >= 0.3 is 13.1 Å². The van der Waals surface area contributed by atoms with Crippen molar-refractivity contribution in [1.29, 1.82) is 0 Å². The van der Waals surface area contributed by atoms with Gasteiger partial charge < -0.3 is 30.3 Å². The number of benzene rings is 1. The van der Waals surface area contributed by atoms with Crippen LogP contribution in [0.4, 0.5) is 0 Å². The minimum atomic E-state index is -1.43. The van der Waals surface area contributed by atoms with Gasteiger partial charge in [0.1, 0.15) is 18.0 Å². The number of aliphatic hydroxyl groups is 2. The fraction of sp³-hybridized carbons (Fsp3) is 0.333. The van der Waals surface area contributed by atoms with Gasteiger partial charge in [0.25, 0.3) is 0 Å². The number of para-hydroxylation sites is 1. The Balaban J connectivity index is 1.71. The summed E-state index contributed by atoms with van der Waals surface area (Å²) in [6.07, 6.45) is 0.176. The predicted molar refractivity (Wildman–Crippen MR) is 89.5 cm³/mol. The Bertz CT molecular complexity index is 872. The molecular weight excluding hydrogens is 359 g/mol. The average molecular weight is 376 g/mol. The first kappa shape index (κ1) is 18.8. The van der Waals surface area contributed by atoms with Crippen LogP contribution in [0, 0.1) is 0 Å². The third-order valence-electron chi connectivity index (χ3n) is 4.21. The molecule has 1 atom stereocenters. The van der Waals surface area contributed by atoms with E-state index in [-0.39, 0.29) is 35.7 Å². The Labute approximate surface area is 153 Å². The quantitative estimate of drug-likeness (QED) is 0.362. The largest absolute Gasteiger partial charge is 0.547 e. The van der Waals surface area contributed by atoms with Gasteiger partial charge in [0.15, 0.2) is 0 Å². The fourth-order valence-electron chi connectivity index (χ4n) is 2.90. The van der Waals surface area contributed by atoms with Crippen LogP contribution in [-0.2, 0) is 31.0 Å². The Morgan fingerprint density at radius 2 is 2.11 bits per heavy atom. The summed E-state index contributed by atoms with van der Waals surface area (Å²) in [6.45, 7) is -1.15. The first-order valence-corrected chi connectivity index (χ1v) is 8.06. The van der Waals surface area contributed by atoms with E-state index in [0.717, 1.165) is 4.68 Å². The second kappa shape index (κ2) is 7.74. The van der Waals surface area contributed by atoms with E-state index in [1.54, 1.807) is 12.1 Å². The number of hydrogen-bond donors (Lipinski definition) is 5. The molecule has 0 saturated carbocycles. The maximum absolute atomic E-state index is 12.3. The number of amides is 1. The molecule has 0 radical (unpaired) electrons. The molecule has 3 rings (SSSR count). The van der Waals surface area contributed by atoms with Crippen molar-refractivity contribution in [1.82, 2.24) is 20.3 Å². The number of aromatic carboxylic acids is 1. The van der Waals surface area contributed by atoms with Crippen LogP contribution < -0.4 is 9.97 Å². The molecule has 2 aromatic rings. The molecule has 27 heavy (non-hydrogen) atoms. The minimum Gasteiger partial charge on any atom is -0.534 e. The highest BCUT2D eigenvalue weighted by Gasteiger charge is 2.37. The summed E-state index contributed by atoms with van der Waals surface area (Å²) in [5, 5.41) is 47.7. The number of nitrogens with one attached hydrogen (secondary N) is 1. The van der Waals surface area contributed by atoms with E-state index >= 15 is 0 Å². The second-order valence-electron chi connectivity index (χ2n) is 5.94. The second-order valence-corrected chi connectivity index (χ2v) is 5.94. The predicted octanol–water partition coefficient (Wildman–Crippen LogP) is -1.90. The van der Waals surface area contributed by atoms with Crippen LogP contribution >= 0.6 is 0 Å². The van der Waals surface area contributed by atoms with Gasteiger partial charge in [-0.05, 0) is 18.1 Å². The van der Waals surface area contributed by atoms with Gasteiger partial charge in [-0.25, -0.2) is 9.48 Å². The number of carbonyl (C=O) groups excluding carboxylic acids is 1. The van der Waals surface area contributed by atoms with E-state index in [2.05, 4.69) is 15.6 Å². The molecule has 5 N–H and O–H groups in total. The lowest BCUT2D eigenvalue weighted by Gasteiger charge is -2.28. The summed E-state index contributed by atoms with van der Waals surface area (Å²) in [5.74, 6) is -2.42. The molecule has 12 heteroatoms. The summed E-state index contributed by atoms with van der Waals surface area (Å²) < 4.78 is 6.45. The maximum Gasteiger partial charge on any atom is 0.547 e. The highest BCUT2D eigenvalue weighted by Crippen LogP contribution is 2.30. The first-order valence-electron chi connectivity index (χ1n) is 8.06. The van der Waals surface area contributed by atoms with E-state index in [9.17, 15) is 24.8 Å². The molecule has 1 amide bonds. The number of rotatable bonds is 6. The molecule has 0 fully saturated rings. The average Bonchev–Trinajstić information content (AvgIpc) is 3.03. The van der Waals surface area contributed by atoms with Crippen LogP contribution in [0.1, 0.15) is 27.3 Å². The molecule has 2 heterocycles. The monoisotopic (exact) mass is 376 g/mol. The van der Waals surface area contributed by atoms with E-state index in [4.69, 9.17) is 9.76 Å². The maximum atomic E-state index is 12.3. The molecule has 0 bridgehead atoms. The summed E-state index contributed by atoms with van der Waals surface area (Å²) in [4.78, 5) is 23.5. The Morgan fingerprint density at radius 1 is 1.33 bits per heavy atom. The van der Waals surface area contributed by atoms with Crippen LogP contribution in [0.15, 0.2) is 18.2 Å². The number of fused-ring (bicyclic) bond motifs is 1. The number of carboxylic acid groups (broad SMARTS) is 1. The normalized spacial score (nSPS) is 15.8. The minimum absolute atomic E-state index is 0.0666. The molecule has 0 saturated heterocycles. The molecule has 1 aliphatic rings. The zero-order chi connectivity index (χ0) is 19.6. The van der Waals surface area contributed by atoms with Crippen molar-refractivity contribution in [2.75, 3.05) is 0 Å². The van der Waals surface area contributed by atoms with Crippen LogP contribution in [0.2, 0.25) is 0 Å². The lowest BCUT2D eigenvalue weighted by molar-refractivity contribution is -0.122. The van der Waals surface area contributed by atoms with E-state index in [1.807, 2.05) is 0 Å². The van der Waals surface area contributed by atoms with Gasteiger partial charge in [-0.1, -0.05) is 17.3 Å². The van der Waals surface area contributed by atoms with Gasteiger partial charge in [-0.2, -0.15) is 0 Å². The van der Waals surface area contributed by atoms with Crippen LogP contribution in [0.3, 0.4) is 0 Å². The molecule has 11 nitrogen and oxygen atoms in total. The van der Waals surface area contributed by atoms with Crippen LogP contribution in [0.25, 0.3) is 0 Å². The molecule has 0 spiro atoms. The number of aliphatic hydroxyl groups excluding tert-OH is 2. The lowest BCUT2D eigenvalue weighted by atomic mass is 9.72. The van der Waals surface area contributed by atoms with Crippen molar-refractivity contribution < 1.29 is 34.6 Å². The van der Waals surface area contributed by atoms with Gasteiger partial charge in [-0.3, -0.25) is 4.79 Å². The Kier molecular flexibility index (Phi) is 5.39. The molecule has 1 aromatic carbocycles. The van der Waals surface area contributed by atoms with Crippen molar-refractivity contribution in [3.63, 3.8) is 0 Å². The van der Waals surface area contributed by atoms with Crippen molar-refractivity contribution in [2.45, 2.75) is 32.1 Å². The first-order chi connectivity index (χ1) is 12.9. The number of carboxylic acids is 1. The van der Waals surface area contributed by atoms with Gasteiger partial charge in [0.2, 0.25) is 5.91 Å². The van der Waals surface area contributed by atoms with Crippen molar-refractivity contribution in [3.8, 4) is 5.75 Å². The van der Waals surface area contributed by atoms with E-state index < -0.39 is 38.1 Å². The molecule has 142 valence electrons. The summed E-state index contributed by atoms with van der Waals surface area (Å²) in [6, 6.07) is 4.58. The van der Waals surface area contributed by atoms with Crippen LogP contribution in [-0.4, -0.2) is 60.3 Å². The van der Waals surface area contributed by atoms with Gasteiger partial charge in [0.05, 0.1) is 30.4 Å². The molecule has 1 aromatic heterocycles. The summed E-state index contributed by atoms with van der Waals surface area (Å²) in [5.41, 5.74) is 0.860. The number of hydrogen-bond acceptors (Lipinski definition) is 8. The van der Waals surface area contributed by atoms with E-state index in [0.29, 0.717) is 5.56 Å². The lowest BCUT2D eigenvalue weighted by Crippen LogP contribution is -2.53. The number of carbonyl (C=O) groups is 2. The van der Waals surface area contributed by atoms with E-state index in [1.165, 1.54) is 6.07 Å². The fourth-order valence-corrected chi connectivity index (χ4v) is 2.90. The molecule has 0 aliphatic carbocycles. The topological polar surface area (TPSA) is 167 Å². The zero-order valence-electron chi connectivity index (χ0n) is 14.1. The molecule has 1 aliphatic heterocycles. The van der Waals surface area contributed by atoms with Gasteiger partial charge in [0, 0.05) is 0 Å². The smallest absolute Gasteiger partial charge is 0.534 e.